The van der Waals surface area contributed by atoms with E-state index in [4.69, 9.17) is 0 Å². The van der Waals surface area contributed by atoms with Gasteiger partial charge in [0.05, 0.1) is 11.4 Å². The van der Waals surface area contributed by atoms with E-state index in [-0.39, 0.29) is 5.75 Å². The van der Waals surface area contributed by atoms with Crippen LogP contribution >= 0.6 is 39.2 Å². The second kappa shape index (κ2) is 7.87. The average Bonchev–Trinajstić information content (AvgIpc) is 2.80. The maximum atomic E-state index is 12.0. The molecule has 2 amide bonds. The molecule has 5 nitrogen and oxygen atoms in total. The molecule has 0 unspecified atom stereocenters. The van der Waals surface area contributed by atoms with E-state index in [1.165, 1.54) is 23.3 Å². The molecule has 0 bridgehead atoms. The largest absolute Gasteiger partial charge is 0.504 e. The lowest BCUT2D eigenvalue weighted by Gasteiger charge is -2.09. The molecular formula is C14H16BrN3O2S2. The van der Waals surface area contributed by atoms with Crippen molar-refractivity contribution in [2.24, 2.45) is 0 Å². The summed E-state index contributed by atoms with van der Waals surface area (Å²) in [5.74, 6) is 0.0745. The fourth-order valence-corrected chi connectivity index (χ4v) is 3.54. The zero-order chi connectivity index (χ0) is 16.1. The van der Waals surface area contributed by atoms with E-state index in [0.717, 1.165) is 4.47 Å². The Balaban J connectivity index is 1.99. The number of carbonyl (C=O) groups excluding carboxylic acids is 1. The first-order chi connectivity index (χ1) is 10.5. The number of rotatable bonds is 5. The molecule has 0 aliphatic heterocycles. The first-order valence-electron chi connectivity index (χ1n) is 6.52. The molecule has 2 rings (SSSR count). The van der Waals surface area contributed by atoms with Gasteiger partial charge in [-0.25, -0.2) is 4.79 Å². The molecule has 1 aromatic carbocycles. The van der Waals surface area contributed by atoms with Crippen LogP contribution in [0.25, 0.3) is 0 Å². The van der Waals surface area contributed by atoms with E-state index in [2.05, 4.69) is 31.3 Å². The minimum absolute atomic E-state index is 0.0745. The Kier molecular flexibility index (Phi) is 6.13. The van der Waals surface area contributed by atoms with Crippen LogP contribution in [0.2, 0.25) is 0 Å². The van der Waals surface area contributed by atoms with Gasteiger partial charge < -0.3 is 15.7 Å². The van der Waals surface area contributed by atoms with Crippen LogP contribution in [0.15, 0.2) is 38.3 Å². The van der Waals surface area contributed by atoms with E-state index < -0.39 is 6.03 Å². The van der Waals surface area contributed by atoms with Crippen LogP contribution in [0.5, 0.6) is 5.75 Å². The Bertz CT molecular complexity index is 661. The van der Waals surface area contributed by atoms with Gasteiger partial charge in [0.15, 0.2) is 5.75 Å². The first-order valence-corrected chi connectivity index (χ1v) is 9.01. The highest BCUT2D eigenvalue weighted by atomic mass is 79.9. The number of benzene rings is 1. The Morgan fingerprint density at radius 2 is 1.95 bits per heavy atom. The highest BCUT2D eigenvalue weighted by Gasteiger charge is 2.14. The molecule has 2 aromatic rings. The second-order valence-electron chi connectivity index (χ2n) is 4.72. The number of amides is 2. The lowest BCUT2D eigenvalue weighted by molar-refractivity contribution is 0.262. The SMILES string of the molecule is CC(C)NSc1scc(NC(=O)Nc2ccccc2Br)c1O. The summed E-state index contributed by atoms with van der Waals surface area (Å²) in [4.78, 5) is 12.0. The van der Waals surface area contributed by atoms with Gasteiger partial charge in [-0.1, -0.05) is 12.1 Å². The van der Waals surface area contributed by atoms with Crippen LogP contribution in [-0.4, -0.2) is 17.2 Å². The highest BCUT2D eigenvalue weighted by molar-refractivity contribution is 9.10. The second-order valence-corrected chi connectivity index (χ2v) is 7.56. The normalized spacial score (nSPS) is 10.7. The van der Waals surface area contributed by atoms with Crippen LogP contribution < -0.4 is 15.4 Å². The van der Waals surface area contributed by atoms with E-state index in [0.29, 0.717) is 21.6 Å². The predicted octanol–water partition coefficient (Wildman–Crippen LogP) is 4.87. The van der Waals surface area contributed by atoms with Crippen molar-refractivity contribution in [1.29, 1.82) is 0 Å². The summed E-state index contributed by atoms with van der Waals surface area (Å²) in [7, 11) is 0. The number of carbonyl (C=O) groups is 1. The fraction of sp³-hybridized carbons (Fsp3) is 0.214. The van der Waals surface area contributed by atoms with Crippen molar-refractivity contribution in [3.8, 4) is 5.75 Å². The summed E-state index contributed by atoms with van der Waals surface area (Å²) >= 11 is 6.08. The summed E-state index contributed by atoms with van der Waals surface area (Å²) in [6.45, 7) is 4.03. The molecular weight excluding hydrogens is 386 g/mol. The van der Waals surface area contributed by atoms with Gasteiger partial charge in [0, 0.05) is 15.9 Å². The standard InChI is InChI=1S/C14H16BrN3O2S2/c1-8(2)18-22-13-12(19)11(7-21-13)17-14(20)16-10-6-4-3-5-9(10)15/h3-8,18-19H,1-2H3,(H2,16,17,20). The van der Waals surface area contributed by atoms with E-state index in [9.17, 15) is 9.90 Å². The Labute approximate surface area is 145 Å². The van der Waals surface area contributed by atoms with E-state index in [1.807, 2.05) is 32.0 Å². The van der Waals surface area contributed by atoms with Crippen molar-refractivity contribution < 1.29 is 9.90 Å². The zero-order valence-electron chi connectivity index (χ0n) is 12.0. The number of nitrogens with one attached hydrogen (secondary N) is 3. The van der Waals surface area contributed by atoms with Gasteiger partial charge in [-0.2, -0.15) is 0 Å². The maximum Gasteiger partial charge on any atom is 0.323 e. The Hall–Kier alpha value is -1.22. The number of urea groups is 1. The third kappa shape index (κ3) is 4.64. The predicted molar refractivity (Wildman–Crippen MR) is 96.9 cm³/mol. The minimum atomic E-state index is -0.409. The molecule has 0 fully saturated rings. The number of halogens is 1. The molecule has 118 valence electrons. The van der Waals surface area contributed by atoms with Crippen molar-refractivity contribution in [3.05, 3.63) is 34.1 Å². The Morgan fingerprint density at radius 1 is 1.27 bits per heavy atom. The molecule has 0 saturated carbocycles. The number of aromatic hydroxyl groups is 1. The van der Waals surface area contributed by atoms with Gasteiger partial charge in [-0.3, -0.25) is 4.72 Å². The van der Waals surface area contributed by atoms with Crippen molar-refractivity contribution in [2.75, 3.05) is 10.6 Å². The molecule has 0 radical (unpaired) electrons. The number of para-hydroxylation sites is 1. The monoisotopic (exact) mass is 401 g/mol. The fourth-order valence-electron chi connectivity index (χ4n) is 1.50. The summed E-state index contributed by atoms with van der Waals surface area (Å²) in [5.41, 5.74) is 1.05. The molecule has 1 heterocycles. The van der Waals surface area contributed by atoms with Crippen LogP contribution in [0.1, 0.15) is 13.8 Å². The van der Waals surface area contributed by atoms with Crippen LogP contribution in [0, 0.1) is 0 Å². The quantitative estimate of drug-likeness (QED) is 0.539. The lowest BCUT2D eigenvalue weighted by atomic mass is 10.3. The third-order valence-electron chi connectivity index (χ3n) is 2.49. The van der Waals surface area contributed by atoms with Crippen molar-refractivity contribution in [1.82, 2.24) is 4.72 Å². The van der Waals surface area contributed by atoms with Gasteiger partial charge in [0.2, 0.25) is 0 Å². The number of thiophene rings is 1. The molecule has 0 spiro atoms. The number of hydrogen-bond acceptors (Lipinski definition) is 5. The van der Waals surface area contributed by atoms with Gasteiger partial charge in [-0.05, 0) is 53.9 Å². The highest BCUT2D eigenvalue weighted by Crippen LogP contribution is 2.40. The maximum absolute atomic E-state index is 12.0. The van der Waals surface area contributed by atoms with Gasteiger partial charge in [-0.15, -0.1) is 11.3 Å². The van der Waals surface area contributed by atoms with E-state index >= 15 is 0 Å². The third-order valence-corrected chi connectivity index (χ3v) is 5.45. The number of hydrogen-bond donors (Lipinski definition) is 4. The number of anilines is 2. The van der Waals surface area contributed by atoms with Crippen molar-refractivity contribution >= 4 is 56.6 Å². The average molecular weight is 402 g/mol. The summed E-state index contributed by atoms with van der Waals surface area (Å²) in [6, 6.07) is 7.20. The smallest absolute Gasteiger partial charge is 0.323 e. The molecule has 0 aliphatic rings. The van der Waals surface area contributed by atoms with Crippen LogP contribution in [-0.2, 0) is 0 Å². The summed E-state index contributed by atoms with van der Waals surface area (Å²) in [5, 5.41) is 17.2. The topological polar surface area (TPSA) is 73.4 Å². The molecule has 0 saturated heterocycles. The molecule has 0 atom stereocenters. The van der Waals surface area contributed by atoms with Crippen LogP contribution in [0.4, 0.5) is 16.2 Å². The zero-order valence-corrected chi connectivity index (χ0v) is 15.2. The molecule has 8 heteroatoms. The molecule has 1 aromatic heterocycles. The summed E-state index contributed by atoms with van der Waals surface area (Å²) in [6.07, 6.45) is 0. The molecule has 4 N–H and O–H groups in total. The van der Waals surface area contributed by atoms with Gasteiger partial charge >= 0.3 is 6.03 Å². The van der Waals surface area contributed by atoms with E-state index in [1.54, 1.807) is 11.4 Å². The molecule has 0 aliphatic carbocycles. The van der Waals surface area contributed by atoms with Crippen molar-refractivity contribution in [2.45, 2.75) is 24.1 Å². The summed E-state index contributed by atoms with van der Waals surface area (Å²) < 4.78 is 4.65. The van der Waals surface area contributed by atoms with Crippen molar-refractivity contribution in [3.63, 3.8) is 0 Å². The van der Waals surface area contributed by atoms with Gasteiger partial charge in [0.1, 0.15) is 4.21 Å². The Morgan fingerprint density at radius 3 is 2.64 bits per heavy atom. The van der Waals surface area contributed by atoms with Gasteiger partial charge in [0.25, 0.3) is 0 Å². The van der Waals surface area contributed by atoms with Crippen LogP contribution in [0.3, 0.4) is 0 Å². The molecule has 22 heavy (non-hydrogen) atoms. The lowest BCUT2D eigenvalue weighted by Crippen LogP contribution is -2.19. The minimum Gasteiger partial charge on any atom is -0.504 e. The first kappa shape index (κ1) is 17.1.